The van der Waals surface area contributed by atoms with Gasteiger partial charge in [0.1, 0.15) is 5.82 Å². The van der Waals surface area contributed by atoms with E-state index in [0.717, 1.165) is 23.5 Å². The van der Waals surface area contributed by atoms with Crippen LogP contribution in [0.3, 0.4) is 0 Å². The molecule has 3 nitrogen and oxygen atoms in total. The van der Waals surface area contributed by atoms with Crippen molar-refractivity contribution in [3.8, 4) is 0 Å². The molecule has 20 heavy (non-hydrogen) atoms. The number of anilines is 1. The highest BCUT2D eigenvalue weighted by atomic mass is 32.1. The van der Waals surface area contributed by atoms with Crippen LogP contribution in [0.4, 0.5) is 22.7 Å². The van der Waals surface area contributed by atoms with Crippen LogP contribution in [0.1, 0.15) is 21.6 Å². The van der Waals surface area contributed by atoms with Gasteiger partial charge >= 0.3 is 6.18 Å². The average molecular weight is 304 g/mol. The molecule has 2 rings (SSSR count). The van der Waals surface area contributed by atoms with Crippen LogP contribution in [-0.2, 0) is 6.18 Å². The SMILES string of the molecule is Cc1csc(NC(=O)c2cccc(C(F)(F)F)c2F)n1. The number of carbonyl (C=O) groups excluding carboxylic acids is 1. The molecule has 0 spiro atoms. The molecule has 0 unspecified atom stereocenters. The van der Waals surface area contributed by atoms with Gasteiger partial charge in [-0.25, -0.2) is 9.37 Å². The monoisotopic (exact) mass is 304 g/mol. The maximum Gasteiger partial charge on any atom is 0.419 e. The summed E-state index contributed by atoms with van der Waals surface area (Å²) in [5.74, 6) is -2.56. The van der Waals surface area contributed by atoms with Crippen LogP contribution < -0.4 is 5.32 Å². The lowest BCUT2D eigenvalue weighted by molar-refractivity contribution is -0.140. The van der Waals surface area contributed by atoms with E-state index in [4.69, 9.17) is 0 Å². The molecule has 1 aromatic heterocycles. The van der Waals surface area contributed by atoms with E-state index in [0.29, 0.717) is 11.8 Å². The molecular formula is C12H8F4N2OS. The molecule has 0 aliphatic carbocycles. The zero-order valence-electron chi connectivity index (χ0n) is 10.1. The summed E-state index contributed by atoms with van der Waals surface area (Å²) in [6.45, 7) is 1.69. The number of carbonyl (C=O) groups is 1. The Bertz CT molecular complexity index is 651. The van der Waals surface area contributed by atoms with Crippen molar-refractivity contribution < 1.29 is 22.4 Å². The van der Waals surface area contributed by atoms with E-state index < -0.39 is 29.0 Å². The number of aromatic nitrogens is 1. The molecule has 0 fully saturated rings. The number of nitrogens with zero attached hydrogens (tertiary/aromatic N) is 1. The molecule has 8 heteroatoms. The van der Waals surface area contributed by atoms with E-state index >= 15 is 0 Å². The van der Waals surface area contributed by atoms with E-state index in [1.54, 1.807) is 12.3 Å². The Morgan fingerprint density at radius 3 is 2.60 bits per heavy atom. The number of alkyl halides is 3. The van der Waals surface area contributed by atoms with Crippen LogP contribution in [0.15, 0.2) is 23.6 Å². The number of benzene rings is 1. The van der Waals surface area contributed by atoms with Crippen molar-refractivity contribution in [3.05, 3.63) is 46.2 Å². The second kappa shape index (κ2) is 5.20. The van der Waals surface area contributed by atoms with Crippen LogP contribution in [0.5, 0.6) is 0 Å². The molecular weight excluding hydrogens is 296 g/mol. The Kier molecular flexibility index (Phi) is 3.76. The Morgan fingerprint density at radius 1 is 1.35 bits per heavy atom. The lowest BCUT2D eigenvalue weighted by Gasteiger charge is -2.10. The molecule has 0 saturated carbocycles. The van der Waals surface area contributed by atoms with E-state index in [-0.39, 0.29) is 5.13 Å². The largest absolute Gasteiger partial charge is 0.419 e. The van der Waals surface area contributed by atoms with Crippen molar-refractivity contribution in [1.82, 2.24) is 4.98 Å². The van der Waals surface area contributed by atoms with Gasteiger partial charge in [-0.15, -0.1) is 11.3 Å². The number of aryl methyl sites for hydroxylation is 1. The van der Waals surface area contributed by atoms with Crippen molar-refractivity contribution in [2.75, 3.05) is 5.32 Å². The zero-order chi connectivity index (χ0) is 14.9. The lowest BCUT2D eigenvalue weighted by atomic mass is 10.1. The fraction of sp³-hybridized carbons (Fsp3) is 0.167. The Balaban J connectivity index is 2.31. The summed E-state index contributed by atoms with van der Waals surface area (Å²) in [4.78, 5) is 15.7. The lowest BCUT2D eigenvalue weighted by Crippen LogP contribution is -2.17. The Morgan fingerprint density at radius 2 is 2.05 bits per heavy atom. The molecule has 0 radical (unpaired) electrons. The third kappa shape index (κ3) is 2.96. The number of rotatable bonds is 2. The summed E-state index contributed by atoms with van der Waals surface area (Å²) in [6, 6.07) is 2.55. The molecule has 1 heterocycles. The second-order valence-corrected chi connectivity index (χ2v) is 4.77. The predicted octanol–water partition coefficient (Wildman–Crippen LogP) is 3.86. The standard InChI is InChI=1S/C12H8F4N2OS/c1-6-5-20-11(17-6)18-10(19)7-3-2-4-8(9(7)13)12(14,15)16/h2-5H,1H3,(H,17,18,19). The number of amides is 1. The van der Waals surface area contributed by atoms with Crippen LogP contribution in [0.25, 0.3) is 0 Å². The average Bonchev–Trinajstić information content (AvgIpc) is 2.73. The normalized spacial score (nSPS) is 11.4. The first-order chi connectivity index (χ1) is 9.29. The number of halogens is 4. The number of thiazole rings is 1. The minimum Gasteiger partial charge on any atom is -0.298 e. The number of hydrogen-bond acceptors (Lipinski definition) is 3. The fourth-order valence-corrected chi connectivity index (χ4v) is 2.19. The molecule has 0 aliphatic heterocycles. The summed E-state index contributed by atoms with van der Waals surface area (Å²) in [6.07, 6.45) is -4.85. The maximum atomic E-state index is 13.7. The van der Waals surface area contributed by atoms with Gasteiger partial charge in [-0.3, -0.25) is 10.1 Å². The Hall–Kier alpha value is -1.96. The highest BCUT2D eigenvalue weighted by molar-refractivity contribution is 7.13. The minimum absolute atomic E-state index is 0.198. The van der Waals surface area contributed by atoms with Gasteiger partial charge in [0.25, 0.3) is 5.91 Å². The number of nitrogens with one attached hydrogen (secondary N) is 1. The predicted molar refractivity (Wildman–Crippen MR) is 66.2 cm³/mol. The van der Waals surface area contributed by atoms with Crippen LogP contribution >= 0.6 is 11.3 Å². The van der Waals surface area contributed by atoms with Crippen LogP contribution in [0.2, 0.25) is 0 Å². The summed E-state index contributed by atoms with van der Waals surface area (Å²) >= 11 is 1.10. The van der Waals surface area contributed by atoms with Crippen molar-refractivity contribution >= 4 is 22.4 Å². The van der Waals surface area contributed by atoms with Crippen molar-refractivity contribution in [2.45, 2.75) is 13.1 Å². The highest BCUT2D eigenvalue weighted by Crippen LogP contribution is 2.32. The first kappa shape index (κ1) is 14.4. The molecule has 0 aliphatic rings. The number of hydrogen-bond donors (Lipinski definition) is 1. The summed E-state index contributed by atoms with van der Waals surface area (Å²) in [5.41, 5.74) is -1.50. The van der Waals surface area contributed by atoms with Gasteiger partial charge in [-0.05, 0) is 19.1 Å². The first-order valence-electron chi connectivity index (χ1n) is 5.38. The van der Waals surface area contributed by atoms with Gasteiger partial charge in [0.2, 0.25) is 0 Å². The first-order valence-corrected chi connectivity index (χ1v) is 6.26. The summed E-state index contributed by atoms with van der Waals surface area (Å²) in [7, 11) is 0. The molecule has 2 aromatic rings. The third-order valence-corrected chi connectivity index (χ3v) is 3.26. The topological polar surface area (TPSA) is 42.0 Å². The zero-order valence-corrected chi connectivity index (χ0v) is 10.9. The molecule has 1 N–H and O–H groups in total. The van der Waals surface area contributed by atoms with Gasteiger partial charge < -0.3 is 0 Å². The molecule has 106 valence electrons. The molecule has 1 amide bonds. The van der Waals surface area contributed by atoms with E-state index in [9.17, 15) is 22.4 Å². The van der Waals surface area contributed by atoms with Crippen LogP contribution in [-0.4, -0.2) is 10.9 Å². The molecule has 0 saturated heterocycles. The third-order valence-electron chi connectivity index (χ3n) is 2.39. The summed E-state index contributed by atoms with van der Waals surface area (Å²) in [5, 5.41) is 4.11. The van der Waals surface area contributed by atoms with Crippen molar-refractivity contribution in [3.63, 3.8) is 0 Å². The van der Waals surface area contributed by atoms with Crippen LogP contribution in [0, 0.1) is 12.7 Å². The second-order valence-electron chi connectivity index (χ2n) is 3.91. The van der Waals surface area contributed by atoms with E-state index in [1.165, 1.54) is 0 Å². The maximum absolute atomic E-state index is 13.7. The minimum atomic E-state index is -4.85. The molecule has 0 bridgehead atoms. The summed E-state index contributed by atoms with van der Waals surface area (Å²) < 4.78 is 51.4. The fourth-order valence-electron chi connectivity index (χ4n) is 1.50. The molecule has 0 atom stereocenters. The van der Waals surface area contributed by atoms with Crippen molar-refractivity contribution in [1.29, 1.82) is 0 Å². The molecule has 1 aromatic carbocycles. The van der Waals surface area contributed by atoms with Crippen molar-refractivity contribution in [2.24, 2.45) is 0 Å². The van der Waals surface area contributed by atoms with Gasteiger partial charge in [0, 0.05) is 5.38 Å². The highest BCUT2D eigenvalue weighted by Gasteiger charge is 2.35. The van der Waals surface area contributed by atoms with Gasteiger partial charge in [-0.2, -0.15) is 13.2 Å². The van der Waals surface area contributed by atoms with Gasteiger partial charge in [0.05, 0.1) is 16.8 Å². The van der Waals surface area contributed by atoms with E-state index in [2.05, 4.69) is 10.3 Å². The smallest absolute Gasteiger partial charge is 0.298 e. The van der Waals surface area contributed by atoms with E-state index in [1.807, 2.05) is 0 Å². The quantitative estimate of drug-likeness (QED) is 0.856. The Labute approximate surface area is 115 Å². The van der Waals surface area contributed by atoms with Gasteiger partial charge in [0.15, 0.2) is 5.13 Å². The van der Waals surface area contributed by atoms with Gasteiger partial charge in [-0.1, -0.05) is 6.07 Å².